The Balaban J connectivity index is 2.58. The van der Waals surface area contributed by atoms with Crippen molar-refractivity contribution in [3.05, 3.63) is 11.9 Å². The molecule has 0 aromatic carbocycles. The lowest BCUT2D eigenvalue weighted by Gasteiger charge is -2.09. The molecule has 90 valence electrons. The van der Waals surface area contributed by atoms with Gasteiger partial charge in [-0.3, -0.25) is 0 Å². The number of anilines is 2. The Morgan fingerprint density at radius 2 is 2.12 bits per heavy atom. The number of nitrogens with zero attached hydrogens (tertiary/aromatic N) is 2. The second-order valence-corrected chi connectivity index (χ2v) is 4.05. The number of hydrogen-bond acceptors (Lipinski definition) is 5. The number of unbranched alkanes of at least 4 members (excludes halogenated alkanes) is 1. The average Bonchev–Trinajstić information content (AvgIpc) is 2.23. The number of nitrogens with two attached hydrogens (primary N) is 1. The number of aliphatic hydroxyl groups excluding tert-OH is 1. The van der Waals surface area contributed by atoms with Gasteiger partial charge >= 0.3 is 0 Å². The van der Waals surface area contributed by atoms with Crippen molar-refractivity contribution in [2.75, 3.05) is 24.2 Å². The molecule has 0 amide bonds. The number of aliphatic hydroxyl groups is 1. The minimum absolute atomic E-state index is 0.227. The van der Waals surface area contributed by atoms with Gasteiger partial charge in [-0.2, -0.15) is 0 Å². The first-order valence-corrected chi connectivity index (χ1v) is 5.62. The molecular formula is C11H20N4O. The molecular weight excluding hydrogens is 204 g/mol. The summed E-state index contributed by atoms with van der Waals surface area (Å²) >= 11 is 0. The Bertz CT molecular complexity index is 328. The Labute approximate surface area is 96.1 Å². The van der Waals surface area contributed by atoms with Gasteiger partial charge in [-0.1, -0.05) is 13.8 Å². The van der Waals surface area contributed by atoms with Crippen molar-refractivity contribution in [3.63, 3.8) is 0 Å². The molecule has 0 aliphatic carbocycles. The smallest absolute Gasteiger partial charge is 0.135 e. The molecule has 4 N–H and O–H groups in total. The number of rotatable bonds is 6. The maximum absolute atomic E-state index is 8.65. The molecule has 0 saturated heterocycles. The zero-order valence-corrected chi connectivity index (χ0v) is 9.90. The second kappa shape index (κ2) is 6.27. The number of aromatic nitrogens is 2. The minimum Gasteiger partial charge on any atom is -0.396 e. The Morgan fingerprint density at radius 1 is 1.38 bits per heavy atom. The first-order valence-electron chi connectivity index (χ1n) is 5.62. The minimum atomic E-state index is 0.227. The van der Waals surface area contributed by atoms with Crippen LogP contribution in [0, 0.1) is 0 Å². The van der Waals surface area contributed by atoms with Crippen LogP contribution >= 0.6 is 0 Å². The second-order valence-electron chi connectivity index (χ2n) is 4.05. The largest absolute Gasteiger partial charge is 0.396 e. The molecule has 1 aromatic heterocycles. The monoisotopic (exact) mass is 224 g/mol. The highest BCUT2D eigenvalue weighted by atomic mass is 16.2. The zero-order valence-electron chi connectivity index (χ0n) is 9.90. The molecule has 5 nitrogen and oxygen atoms in total. The molecule has 5 heteroatoms. The van der Waals surface area contributed by atoms with Crippen LogP contribution in [0.5, 0.6) is 0 Å². The Morgan fingerprint density at radius 3 is 2.75 bits per heavy atom. The summed E-state index contributed by atoms with van der Waals surface area (Å²) in [4.78, 5) is 8.53. The maximum atomic E-state index is 8.65. The van der Waals surface area contributed by atoms with Gasteiger partial charge in [0, 0.05) is 25.1 Å². The van der Waals surface area contributed by atoms with Gasteiger partial charge in [-0.15, -0.1) is 0 Å². The quantitative estimate of drug-likeness (QED) is 0.635. The molecule has 0 spiro atoms. The summed E-state index contributed by atoms with van der Waals surface area (Å²) in [6, 6.07) is 1.73. The molecule has 0 fully saturated rings. The fraction of sp³-hybridized carbons (Fsp3) is 0.636. The average molecular weight is 224 g/mol. The predicted molar refractivity (Wildman–Crippen MR) is 65.3 cm³/mol. The third kappa shape index (κ3) is 4.02. The SMILES string of the molecule is CC(C)c1nc(N)cc(NCCCCO)n1. The number of nitrogen functional groups attached to an aromatic ring is 1. The van der Waals surface area contributed by atoms with Crippen LogP contribution in [0.1, 0.15) is 38.4 Å². The van der Waals surface area contributed by atoms with Gasteiger partial charge in [0.15, 0.2) is 0 Å². The summed E-state index contributed by atoms with van der Waals surface area (Å²) in [5.74, 6) is 2.27. The normalized spacial score (nSPS) is 10.8. The highest BCUT2D eigenvalue weighted by molar-refractivity contribution is 5.44. The van der Waals surface area contributed by atoms with Crippen LogP contribution in [0.25, 0.3) is 0 Å². The summed E-state index contributed by atoms with van der Waals surface area (Å²) < 4.78 is 0. The van der Waals surface area contributed by atoms with Crippen LogP contribution < -0.4 is 11.1 Å². The highest BCUT2D eigenvalue weighted by Crippen LogP contribution is 2.14. The van der Waals surface area contributed by atoms with Crippen molar-refractivity contribution in [1.82, 2.24) is 9.97 Å². The van der Waals surface area contributed by atoms with Crippen LogP contribution in [-0.2, 0) is 0 Å². The molecule has 0 aliphatic rings. The fourth-order valence-corrected chi connectivity index (χ4v) is 1.29. The molecule has 16 heavy (non-hydrogen) atoms. The van der Waals surface area contributed by atoms with E-state index in [1.807, 2.05) is 13.8 Å². The predicted octanol–water partition coefficient (Wildman–Crippen LogP) is 1.37. The molecule has 1 heterocycles. The lowest BCUT2D eigenvalue weighted by Crippen LogP contribution is -2.08. The van der Waals surface area contributed by atoms with E-state index in [4.69, 9.17) is 10.8 Å². The van der Waals surface area contributed by atoms with Gasteiger partial charge in [0.25, 0.3) is 0 Å². The standard InChI is InChI=1S/C11H20N4O/c1-8(2)11-14-9(12)7-10(15-11)13-5-3-4-6-16/h7-8,16H,3-6H2,1-2H3,(H3,12,13,14,15). The van der Waals surface area contributed by atoms with Gasteiger partial charge < -0.3 is 16.2 Å². The van der Waals surface area contributed by atoms with E-state index in [1.165, 1.54) is 0 Å². The van der Waals surface area contributed by atoms with Gasteiger partial charge in [0.05, 0.1) is 0 Å². The summed E-state index contributed by atoms with van der Waals surface area (Å²) in [5.41, 5.74) is 5.70. The first kappa shape index (κ1) is 12.7. The van der Waals surface area contributed by atoms with Crippen LogP contribution in [-0.4, -0.2) is 28.2 Å². The molecule has 0 unspecified atom stereocenters. The summed E-state index contributed by atoms with van der Waals surface area (Å²) in [5, 5.41) is 11.8. The third-order valence-corrected chi connectivity index (χ3v) is 2.17. The van der Waals surface area contributed by atoms with E-state index < -0.39 is 0 Å². The molecule has 0 saturated carbocycles. The third-order valence-electron chi connectivity index (χ3n) is 2.17. The number of hydrogen-bond donors (Lipinski definition) is 3. The maximum Gasteiger partial charge on any atom is 0.135 e. The summed E-state index contributed by atoms with van der Waals surface area (Å²) in [7, 11) is 0. The van der Waals surface area contributed by atoms with E-state index in [1.54, 1.807) is 6.07 Å². The van der Waals surface area contributed by atoms with E-state index in [0.29, 0.717) is 5.82 Å². The van der Waals surface area contributed by atoms with Crippen molar-refractivity contribution >= 4 is 11.6 Å². The summed E-state index contributed by atoms with van der Waals surface area (Å²) in [6.45, 7) is 5.08. The van der Waals surface area contributed by atoms with Gasteiger partial charge in [0.1, 0.15) is 17.5 Å². The zero-order chi connectivity index (χ0) is 12.0. The molecule has 0 atom stereocenters. The van der Waals surface area contributed by atoms with E-state index in [2.05, 4.69) is 15.3 Å². The highest BCUT2D eigenvalue weighted by Gasteiger charge is 2.05. The molecule has 0 radical (unpaired) electrons. The molecule has 1 rings (SSSR count). The van der Waals surface area contributed by atoms with Gasteiger partial charge in [-0.25, -0.2) is 9.97 Å². The molecule has 0 aliphatic heterocycles. The van der Waals surface area contributed by atoms with Crippen LogP contribution in [0.3, 0.4) is 0 Å². The Hall–Kier alpha value is -1.36. The van der Waals surface area contributed by atoms with Crippen LogP contribution in [0.15, 0.2) is 6.07 Å². The lowest BCUT2D eigenvalue weighted by molar-refractivity contribution is 0.286. The molecule has 1 aromatic rings. The lowest BCUT2D eigenvalue weighted by atomic mass is 10.2. The van der Waals surface area contributed by atoms with Crippen molar-refractivity contribution in [2.24, 2.45) is 0 Å². The van der Waals surface area contributed by atoms with Crippen molar-refractivity contribution in [2.45, 2.75) is 32.6 Å². The van der Waals surface area contributed by atoms with E-state index in [9.17, 15) is 0 Å². The van der Waals surface area contributed by atoms with E-state index >= 15 is 0 Å². The van der Waals surface area contributed by atoms with Crippen molar-refractivity contribution in [3.8, 4) is 0 Å². The van der Waals surface area contributed by atoms with Gasteiger partial charge in [-0.05, 0) is 12.8 Å². The Kier molecular flexibility index (Phi) is 4.98. The fourth-order valence-electron chi connectivity index (χ4n) is 1.29. The van der Waals surface area contributed by atoms with E-state index in [-0.39, 0.29) is 12.5 Å². The topological polar surface area (TPSA) is 84.1 Å². The van der Waals surface area contributed by atoms with Crippen molar-refractivity contribution < 1.29 is 5.11 Å². The van der Waals surface area contributed by atoms with E-state index in [0.717, 1.165) is 31.0 Å². The number of nitrogens with one attached hydrogen (secondary N) is 1. The van der Waals surface area contributed by atoms with Crippen LogP contribution in [0.2, 0.25) is 0 Å². The first-order chi connectivity index (χ1) is 7.63. The van der Waals surface area contributed by atoms with Crippen molar-refractivity contribution in [1.29, 1.82) is 0 Å². The van der Waals surface area contributed by atoms with Crippen LogP contribution in [0.4, 0.5) is 11.6 Å². The van der Waals surface area contributed by atoms with Gasteiger partial charge in [0.2, 0.25) is 0 Å². The molecule has 0 bridgehead atoms. The summed E-state index contributed by atoms with van der Waals surface area (Å²) in [6.07, 6.45) is 1.71.